The lowest BCUT2D eigenvalue weighted by Crippen LogP contribution is -1.87. The molecule has 1 aromatic heterocycles. The van der Waals surface area contributed by atoms with Crippen molar-refractivity contribution < 1.29 is 0 Å². The first-order valence-corrected chi connectivity index (χ1v) is 5.00. The molecule has 0 bridgehead atoms. The maximum Gasteiger partial charge on any atom is 0.115 e. The lowest BCUT2D eigenvalue weighted by Gasteiger charge is -1.99. The van der Waals surface area contributed by atoms with Gasteiger partial charge in [-0.2, -0.15) is 5.10 Å². The van der Waals surface area contributed by atoms with Gasteiger partial charge >= 0.3 is 0 Å². The summed E-state index contributed by atoms with van der Waals surface area (Å²) in [4.78, 5) is 7.92. The first-order valence-electron chi connectivity index (χ1n) is 5.00. The number of hydrazone groups is 1. The van der Waals surface area contributed by atoms with Gasteiger partial charge < -0.3 is 5.84 Å². The summed E-state index contributed by atoms with van der Waals surface area (Å²) in [5.74, 6) is 5.06. The number of benzene rings is 1. The molecule has 1 heterocycles. The van der Waals surface area contributed by atoms with Crippen LogP contribution in [0.25, 0.3) is 11.1 Å². The van der Waals surface area contributed by atoms with Crippen molar-refractivity contribution in [3.8, 4) is 24.3 Å². The summed E-state index contributed by atoms with van der Waals surface area (Å²) in [5.41, 5.74) is 3.04. The maximum absolute atomic E-state index is 6.50. The molecular weight excluding hydrogens is 240 g/mol. The van der Waals surface area contributed by atoms with E-state index in [0.29, 0.717) is 0 Å². The molecule has 2 rings (SSSR count). The summed E-state index contributed by atoms with van der Waals surface area (Å²) >= 11 is 0. The molecule has 6 nitrogen and oxygen atoms in total. The largest absolute Gasteiger partial charge is 0.323 e. The summed E-state index contributed by atoms with van der Waals surface area (Å²) in [7, 11) is 0. The van der Waals surface area contributed by atoms with Crippen LogP contribution >= 0.6 is 0 Å². The molecule has 6 heteroatoms. The van der Waals surface area contributed by atoms with Gasteiger partial charge in [-0.25, -0.2) is 20.5 Å². The molecule has 0 aliphatic carbocycles. The van der Waals surface area contributed by atoms with Crippen LogP contribution in [0, 0.1) is 23.7 Å². The van der Waals surface area contributed by atoms with E-state index in [2.05, 4.69) is 28.2 Å². The van der Waals surface area contributed by atoms with Gasteiger partial charge in [0.25, 0.3) is 0 Å². The zero-order valence-electron chi connectivity index (χ0n) is 10.1. The number of nitriles is 2. The van der Waals surface area contributed by atoms with E-state index in [0.717, 1.165) is 16.7 Å². The van der Waals surface area contributed by atoms with Gasteiger partial charge in [0.05, 0.1) is 6.21 Å². The zero-order chi connectivity index (χ0) is 14.5. The maximum atomic E-state index is 6.50. The lowest BCUT2D eigenvalue weighted by atomic mass is 10.1. The van der Waals surface area contributed by atoms with Gasteiger partial charge in [-0.1, -0.05) is 24.3 Å². The molecule has 0 atom stereocenters. The molecule has 2 aromatic rings. The van der Waals surface area contributed by atoms with Crippen LogP contribution in [0.1, 0.15) is 5.56 Å². The van der Waals surface area contributed by atoms with Gasteiger partial charge in [0.15, 0.2) is 0 Å². The Hall–Kier alpha value is -3.25. The molecule has 0 aliphatic rings. The van der Waals surface area contributed by atoms with Crippen molar-refractivity contribution in [1.29, 1.82) is 10.5 Å². The Balaban J connectivity index is 0.000000741. The van der Waals surface area contributed by atoms with E-state index in [1.165, 1.54) is 6.33 Å². The highest BCUT2D eigenvalue weighted by Crippen LogP contribution is 2.16. The standard InChI is InChI=1S/C11H10N4.2CHN/c12-15-5-9-1-3-10(4-2-9)11-6-13-8-14-7-11;2*1-2/h1-8H,12H2;2*1H. The van der Waals surface area contributed by atoms with Crippen molar-refractivity contribution in [2.45, 2.75) is 0 Å². The molecule has 0 radical (unpaired) electrons. The number of aromatic nitrogens is 2. The third kappa shape index (κ3) is 5.07. The Kier molecular flexibility index (Phi) is 8.24. The fourth-order valence-electron chi connectivity index (χ4n) is 1.30. The van der Waals surface area contributed by atoms with Crippen molar-refractivity contribution in [3.05, 3.63) is 48.5 Å². The second kappa shape index (κ2) is 9.94. The minimum atomic E-state index is 0.970. The van der Waals surface area contributed by atoms with E-state index in [9.17, 15) is 0 Å². The second-order valence-corrected chi connectivity index (χ2v) is 3.03. The van der Waals surface area contributed by atoms with Gasteiger partial charge in [0.2, 0.25) is 0 Å². The van der Waals surface area contributed by atoms with Crippen molar-refractivity contribution in [1.82, 2.24) is 9.97 Å². The van der Waals surface area contributed by atoms with Crippen LogP contribution in [0.5, 0.6) is 0 Å². The van der Waals surface area contributed by atoms with E-state index in [-0.39, 0.29) is 0 Å². The van der Waals surface area contributed by atoms with Crippen molar-refractivity contribution in [2.75, 3.05) is 0 Å². The Morgan fingerprint density at radius 2 is 1.47 bits per heavy atom. The lowest BCUT2D eigenvalue weighted by molar-refractivity contribution is 1.17. The Labute approximate surface area is 111 Å². The molecule has 0 aliphatic heterocycles. The van der Waals surface area contributed by atoms with Crippen LogP contribution in [0.15, 0.2) is 48.1 Å². The van der Waals surface area contributed by atoms with E-state index >= 15 is 0 Å². The highest BCUT2D eigenvalue weighted by atomic mass is 15.1. The Morgan fingerprint density at radius 3 is 1.95 bits per heavy atom. The molecule has 0 unspecified atom stereocenters. The first kappa shape index (κ1) is 15.8. The number of hydrogen-bond donors (Lipinski definition) is 1. The number of hydrogen-bond acceptors (Lipinski definition) is 6. The smallest absolute Gasteiger partial charge is 0.115 e. The van der Waals surface area contributed by atoms with Crippen LogP contribution in [0.4, 0.5) is 0 Å². The third-order valence-electron chi connectivity index (χ3n) is 2.03. The predicted molar refractivity (Wildman–Crippen MR) is 72.6 cm³/mol. The van der Waals surface area contributed by atoms with Crippen LogP contribution in [0.2, 0.25) is 0 Å². The van der Waals surface area contributed by atoms with Crippen LogP contribution < -0.4 is 5.84 Å². The van der Waals surface area contributed by atoms with Gasteiger partial charge in [-0.05, 0) is 11.1 Å². The predicted octanol–water partition coefficient (Wildman–Crippen LogP) is 1.72. The minimum absolute atomic E-state index is 0.970. The Bertz CT molecular complexity index is 521. The third-order valence-corrected chi connectivity index (χ3v) is 2.03. The Morgan fingerprint density at radius 1 is 0.947 bits per heavy atom. The number of nitrogens with two attached hydrogens (primary N) is 1. The summed E-state index contributed by atoms with van der Waals surface area (Å²) in [5, 5.41) is 16.5. The number of rotatable bonds is 2. The topological polar surface area (TPSA) is 112 Å². The SMILES string of the molecule is C#N.C#N.NN=Cc1ccc(-c2cncnc2)cc1. The highest BCUT2D eigenvalue weighted by molar-refractivity contribution is 5.80. The van der Waals surface area contributed by atoms with Gasteiger partial charge in [0.1, 0.15) is 6.33 Å². The van der Waals surface area contributed by atoms with Gasteiger partial charge in [0, 0.05) is 31.1 Å². The molecule has 0 saturated heterocycles. The molecule has 2 N–H and O–H groups in total. The quantitative estimate of drug-likeness (QED) is 0.496. The monoisotopic (exact) mass is 252 g/mol. The van der Waals surface area contributed by atoms with Crippen LogP contribution in [-0.2, 0) is 0 Å². The van der Waals surface area contributed by atoms with E-state index in [1.807, 2.05) is 24.3 Å². The minimum Gasteiger partial charge on any atom is -0.323 e. The second-order valence-electron chi connectivity index (χ2n) is 3.03. The molecule has 94 valence electrons. The van der Waals surface area contributed by atoms with E-state index in [4.69, 9.17) is 16.4 Å². The fraction of sp³-hybridized carbons (Fsp3) is 0. The molecule has 0 fully saturated rings. The van der Waals surface area contributed by atoms with E-state index < -0.39 is 0 Å². The van der Waals surface area contributed by atoms with Crippen LogP contribution in [0.3, 0.4) is 0 Å². The van der Waals surface area contributed by atoms with Crippen molar-refractivity contribution in [2.24, 2.45) is 10.9 Å². The zero-order valence-corrected chi connectivity index (χ0v) is 10.1. The molecular formula is C13H12N6. The van der Waals surface area contributed by atoms with Crippen molar-refractivity contribution >= 4 is 6.21 Å². The van der Waals surface area contributed by atoms with E-state index in [1.54, 1.807) is 18.6 Å². The molecule has 0 spiro atoms. The molecule has 0 saturated carbocycles. The summed E-state index contributed by atoms with van der Waals surface area (Å²) in [6.07, 6.45) is 6.67. The fourth-order valence-corrected chi connectivity index (χ4v) is 1.30. The summed E-state index contributed by atoms with van der Waals surface area (Å²) in [6.45, 7) is 7.00. The average Bonchev–Trinajstić information content (AvgIpc) is 2.53. The van der Waals surface area contributed by atoms with Gasteiger partial charge in [-0.15, -0.1) is 0 Å². The van der Waals surface area contributed by atoms with Gasteiger partial charge in [-0.3, -0.25) is 0 Å². The normalized spacial score (nSPS) is 8.63. The van der Waals surface area contributed by atoms with Crippen LogP contribution in [-0.4, -0.2) is 16.2 Å². The molecule has 1 aromatic carbocycles. The highest BCUT2D eigenvalue weighted by Gasteiger charge is 1.96. The number of nitrogens with zero attached hydrogens (tertiary/aromatic N) is 5. The summed E-state index contributed by atoms with van der Waals surface area (Å²) < 4.78 is 0. The summed E-state index contributed by atoms with van der Waals surface area (Å²) in [6, 6.07) is 7.85. The first-order chi connectivity index (χ1) is 9.40. The van der Waals surface area contributed by atoms with Crippen molar-refractivity contribution in [3.63, 3.8) is 0 Å². The molecule has 19 heavy (non-hydrogen) atoms. The average molecular weight is 252 g/mol. The molecule has 0 amide bonds.